The van der Waals surface area contributed by atoms with Crippen molar-refractivity contribution < 1.29 is 9.53 Å². The quantitative estimate of drug-likeness (QED) is 0.251. The summed E-state index contributed by atoms with van der Waals surface area (Å²) in [5.41, 5.74) is 4.00. The molecule has 2 aromatic rings. The number of carbonyl (C=O) groups excluding carboxylic acids is 1. The molecule has 0 radical (unpaired) electrons. The van der Waals surface area contributed by atoms with Crippen LogP contribution in [0.25, 0.3) is 0 Å². The third-order valence-corrected chi connectivity index (χ3v) is 4.81. The predicted molar refractivity (Wildman–Crippen MR) is 138 cm³/mol. The molecule has 7 heteroatoms. The van der Waals surface area contributed by atoms with Gasteiger partial charge in [-0.05, 0) is 56.5 Å². The Labute approximate surface area is 203 Å². The monoisotopic (exact) mass is 538 g/mol. The van der Waals surface area contributed by atoms with Crippen molar-refractivity contribution in [3.63, 3.8) is 0 Å². The first kappa shape index (κ1) is 26.7. The van der Waals surface area contributed by atoms with Crippen molar-refractivity contribution in [2.75, 3.05) is 13.6 Å². The van der Waals surface area contributed by atoms with Crippen LogP contribution in [0, 0.1) is 6.92 Å². The minimum atomic E-state index is -0.0528. The lowest BCUT2D eigenvalue weighted by Crippen LogP contribution is -2.36. The van der Waals surface area contributed by atoms with E-state index >= 15 is 0 Å². The number of guanidine groups is 1. The van der Waals surface area contributed by atoms with Crippen LogP contribution in [0.15, 0.2) is 47.5 Å². The summed E-state index contributed by atoms with van der Waals surface area (Å²) in [5.74, 6) is 1.56. The molecule has 31 heavy (non-hydrogen) atoms. The van der Waals surface area contributed by atoms with Crippen molar-refractivity contribution in [3.05, 3.63) is 64.7 Å². The lowest BCUT2D eigenvalue weighted by atomic mass is 10.1. The Morgan fingerprint density at radius 2 is 1.71 bits per heavy atom. The predicted octanol–water partition coefficient (Wildman–Crippen LogP) is 4.41. The number of aliphatic imine (C=N–C) groups is 1. The largest absolute Gasteiger partial charge is 0.490 e. The van der Waals surface area contributed by atoms with Crippen molar-refractivity contribution in [1.82, 2.24) is 16.0 Å². The Kier molecular flexibility index (Phi) is 12.0. The van der Waals surface area contributed by atoms with Gasteiger partial charge in [0.15, 0.2) is 5.96 Å². The fourth-order valence-electron chi connectivity index (χ4n) is 2.84. The molecule has 2 rings (SSSR count). The maximum Gasteiger partial charge on any atom is 0.251 e. The summed E-state index contributed by atoms with van der Waals surface area (Å²) >= 11 is 0. The molecule has 1 unspecified atom stereocenters. The number of ether oxygens (including phenoxy) is 1. The first-order valence-corrected chi connectivity index (χ1v) is 10.5. The Hall–Kier alpha value is -2.29. The van der Waals surface area contributed by atoms with Gasteiger partial charge in [0.1, 0.15) is 5.75 Å². The highest BCUT2D eigenvalue weighted by molar-refractivity contribution is 14.0. The molecule has 0 aliphatic heterocycles. The maximum atomic E-state index is 11.9. The van der Waals surface area contributed by atoms with E-state index in [4.69, 9.17) is 4.74 Å². The van der Waals surface area contributed by atoms with E-state index in [-0.39, 0.29) is 36.0 Å². The van der Waals surface area contributed by atoms with Gasteiger partial charge in [-0.1, -0.05) is 31.2 Å². The molecule has 0 saturated carbocycles. The Morgan fingerprint density at radius 3 is 2.32 bits per heavy atom. The van der Waals surface area contributed by atoms with Crippen molar-refractivity contribution in [3.8, 4) is 5.75 Å². The molecule has 2 aromatic carbocycles. The number of halogens is 1. The zero-order chi connectivity index (χ0) is 21.9. The normalized spacial score (nSPS) is 11.8. The lowest BCUT2D eigenvalue weighted by molar-refractivity contribution is 0.0956. The fourth-order valence-corrected chi connectivity index (χ4v) is 2.84. The van der Waals surface area contributed by atoms with Crippen molar-refractivity contribution in [2.45, 2.75) is 53.3 Å². The number of rotatable bonds is 9. The van der Waals surface area contributed by atoms with Crippen molar-refractivity contribution in [1.29, 1.82) is 0 Å². The fraction of sp³-hybridized carbons (Fsp3) is 0.417. The second kappa shape index (κ2) is 13.9. The van der Waals surface area contributed by atoms with E-state index in [1.54, 1.807) is 7.05 Å². The first-order valence-electron chi connectivity index (χ1n) is 10.5. The number of nitrogens with one attached hydrogen (secondary N) is 3. The number of hydrogen-bond acceptors (Lipinski definition) is 3. The van der Waals surface area contributed by atoms with Gasteiger partial charge in [0.25, 0.3) is 5.91 Å². The molecule has 1 atom stereocenters. The summed E-state index contributed by atoms with van der Waals surface area (Å²) < 4.78 is 6.09. The van der Waals surface area contributed by atoms with E-state index < -0.39 is 0 Å². The Bertz CT molecular complexity index is 853. The van der Waals surface area contributed by atoms with Crippen LogP contribution in [0.5, 0.6) is 5.75 Å². The molecule has 170 valence electrons. The highest BCUT2D eigenvalue weighted by Crippen LogP contribution is 2.22. The molecule has 0 aliphatic carbocycles. The Morgan fingerprint density at radius 1 is 1.03 bits per heavy atom. The first-order chi connectivity index (χ1) is 14.5. The molecule has 6 nitrogen and oxygen atoms in total. The van der Waals surface area contributed by atoms with Gasteiger partial charge in [0.05, 0.1) is 6.10 Å². The number of amides is 1. The molecular formula is C24H35IN4O2. The number of carbonyl (C=O) groups is 1. The molecular weight excluding hydrogens is 503 g/mol. The third-order valence-electron chi connectivity index (χ3n) is 4.81. The summed E-state index contributed by atoms with van der Waals surface area (Å²) in [4.78, 5) is 16.2. The van der Waals surface area contributed by atoms with Crippen LogP contribution in [-0.4, -0.2) is 31.6 Å². The highest BCUT2D eigenvalue weighted by Gasteiger charge is 2.09. The van der Waals surface area contributed by atoms with E-state index in [1.165, 1.54) is 5.56 Å². The van der Waals surface area contributed by atoms with Crippen LogP contribution < -0.4 is 20.7 Å². The van der Waals surface area contributed by atoms with Gasteiger partial charge < -0.3 is 20.7 Å². The second-order valence-electron chi connectivity index (χ2n) is 7.28. The summed E-state index contributed by atoms with van der Waals surface area (Å²) in [6, 6.07) is 13.8. The van der Waals surface area contributed by atoms with Gasteiger partial charge in [-0.2, -0.15) is 0 Å². The summed E-state index contributed by atoms with van der Waals surface area (Å²) in [6.45, 7) is 10.0. The maximum absolute atomic E-state index is 11.9. The molecule has 0 saturated heterocycles. The van der Waals surface area contributed by atoms with Crippen LogP contribution in [-0.2, 0) is 13.1 Å². The minimum Gasteiger partial charge on any atom is -0.490 e. The Balaban J connectivity index is 0.00000480. The van der Waals surface area contributed by atoms with Crippen molar-refractivity contribution in [2.24, 2.45) is 4.99 Å². The van der Waals surface area contributed by atoms with Gasteiger partial charge in [-0.15, -0.1) is 24.0 Å². The van der Waals surface area contributed by atoms with Crippen LogP contribution in [0.1, 0.15) is 54.2 Å². The second-order valence-corrected chi connectivity index (χ2v) is 7.28. The number of benzene rings is 2. The van der Waals surface area contributed by atoms with Crippen molar-refractivity contribution >= 4 is 35.8 Å². The van der Waals surface area contributed by atoms with Gasteiger partial charge in [-0.25, -0.2) is 0 Å². The smallest absolute Gasteiger partial charge is 0.251 e. The molecule has 0 spiro atoms. The standard InChI is InChI=1S/C24H34N4O2.HI/c1-6-18(4)30-22-14-17(3)8-11-21(22)16-28-24(25-5)27-15-19-9-12-20(13-10-19)23(29)26-7-2;/h8-14,18H,6-7,15-16H2,1-5H3,(H,26,29)(H2,25,27,28);1H. The van der Waals surface area contributed by atoms with Crippen LogP contribution in [0.3, 0.4) is 0 Å². The molecule has 0 aliphatic rings. The van der Waals surface area contributed by atoms with E-state index in [9.17, 15) is 4.79 Å². The van der Waals surface area contributed by atoms with E-state index in [2.05, 4.69) is 59.9 Å². The molecule has 1 amide bonds. The van der Waals surface area contributed by atoms with Gasteiger partial charge in [-0.3, -0.25) is 9.79 Å². The third kappa shape index (κ3) is 8.77. The topological polar surface area (TPSA) is 74.8 Å². The van der Waals surface area contributed by atoms with Gasteiger partial charge >= 0.3 is 0 Å². The van der Waals surface area contributed by atoms with Gasteiger partial charge in [0, 0.05) is 37.8 Å². The van der Waals surface area contributed by atoms with Crippen LogP contribution >= 0.6 is 24.0 Å². The average molecular weight is 538 g/mol. The zero-order valence-electron chi connectivity index (χ0n) is 19.1. The van der Waals surface area contributed by atoms with E-state index in [0.717, 1.165) is 23.3 Å². The zero-order valence-corrected chi connectivity index (χ0v) is 21.4. The number of aryl methyl sites for hydroxylation is 1. The molecule has 3 N–H and O–H groups in total. The SMILES string of the molecule is CCNC(=O)c1ccc(CNC(=NC)NCc2ccc(C)cc2OC(C)CC)cc1.I. The summed E-state index contributed by atoms with van der Waals surface area (Å²) in [6.07, 6.45) is 1.13. The lowest BCUT2D eigenvalue weighted by Gasteiger charge is -2.18. The minimum absolute atomic E-state index is 0. The van der Waals surface area contributed by atoms with E-state index in [0.29, 0.717) is 31.2 Å². The summed E-state index contributed by atoms with van der Waals surface area (Å²) in [5, 5.41) is 9.46. The molecule has 0 fully saturated rings. The average Bonchev–Trinajstić information content (AvgIpc) is 2.75. The van der Waals surface area contributed by atoms with E-state index in [1.807, 2.05) is 31.2 Å². The molecule has 0 aromatic heterocycles. The molecule has 0 bridgehead atoms. The van der Waals surface area contributed by atoms with Crippen LogP contribution in [0.2, 0.25) is 0 Å². The molecule has 0 heterocycles. The highest BCUT2D eigenvalue weighted by atomic mass is 127. The van der Waals surface area contributed by atoms with Gasteiger partial charge in [0.2, 0.25) is 0 Å². The van der Waals surface area contributed by atoms with Crippen LogP contribution in [0.4, 0.5) is 0 Å². The number of nitrogens with zero attached hydrogens (tertiary/aromatic N) is 1. The number of hydrogen-bond donors (Lipinski definition) is 3. The summed E-state index contributed by atoms with van der Waals surface area (Å²) in [7, 11) is 1.75.